The van der Waals surface area contributed by atoms with E-state index >= 15 is 0 Å². The first-order valence-electron chi connectivity index (χ1n) is 5.88. The fourth-order valence-electron chi connectivity index (χ4n) is 2.18. The number of carboxylic acid groups (broad SMARTS) is 1. The average molecular weight is 278 g/mol. The maximum Gasteiger partial charge on any atom is 0.320 e. The van der Waals surface area contributed by atoms with Gasteiger partial charge in [0.05, 0.1) is 5.52 Å². The minimum Gasteiger partial charge on any atom is -0.492 e. The molecule has 7 nitrogen and oxygen atoms in total. The molecule has 1 aromatic carbocycles. The molecule has 0 aliphatic heterocycles. The van der Waals surface area contributed by atoms with Crippen LogP contribution < -0.4 is 5.73 Å². The third kappa shape index (κ3) is 2.08. The van der Waals surface area contributed by atoms with Crippen molar-refractivity contribution in [2.45, 2.75) is 19.4 Å². The van der Waals surface area contributed by atoms with E-state index in [1.165, 1.54) is 13.0 Å². The monoisotopic (exact) mass is 278 g/mol. The van der Waals surface area contributed by atoms with Gasteiger partial charge in [0.25, 0.3) is 0 Å². The summed E-state index contributed by atoms with van der Waals surface area (Å²) >= 11 is 0. The SMILES string of the molecule is CC(=O)c1cccc2c1c(CC(N)C(=O)O)c(O)n2O. The number of aromatic hydroxyl groups is 1. The second kappa shape index (κ2) is 4.86. The first-order valence-corrected chi connectivity index (χ1v) is 5.88. The van der Waals surface area contributed by atoms with Gasteiger partial charge in [0.15, 0.2) is 5.78 Å². The molecule has 0 saturated carbocycles. The van der Waals surface area contributed by atoms with Crippen molar-refractivity contribution in [1.29, 1.82) is 0 Å². The van der Waals surface area contributed by atoms with E-state index < -0.39 is 17.9 Å². The summed E-state index contributed by atoms with van der Waals surface area (Å²) in [6.45, 7) is 1.35. The number of carboxylic acids is 1. The third-order valence-electron chi connectivity index (χ3n) is 3.16. The quantitative estimate of drug-likeness (QED) is 0.482. The Hall–Kier alpha value is -2.54. The van der Waals surface area contributed by atoms with Crippen LogP contribution in [0.2, 0.25) is 0 Å². The largest absolute Gasteiger partial charge is 0.492 e. The Morgan fingerprint density at radius 1 is 1.40 bits per heavy atom. The standard InChI is InChI=1S/C13H14N2O5/c1-6(16)7-3-2-4-10-11(7)8(12(17)15(10)20)5-9(14)13(18)19/h2-4,9,17,20H,5,14H2,1H3,(H,18,19). The molecule has 0 bridgehead atoms. The van der Waals surface area contributed by atoms with E-state index in [9.17, 15) is 19.9 Å². The zero-order chi connectivity index (χ0) is 15.0. The minimum atomic E-state index is -1.24. The molecule has 2 aromatic rings. The molecule has 20 heavy (non-hydrogen) atoms. The molecule has 2 rings (SSSR count). The van der Waals surface area contributed by atoms with Gasteiger partial charge in [0, 0.05) is 22.9 Å². The highest BCUT2D eigenvalue weighted by molar-refractivity contribution is 6.08. The third-order valence-corrected chi connectivity index (χ3v) is 3.16. The van der Waals surface area contributed by atoms with Crippen LogP contribution in [0.1, 0.15) is 22.8 Å². The lowest BCUT2D eigenvalue weighted by atomic mass is 9.99. The molecule has 1 heterocycles. The summed E-state index contributed by atoms with van der Waals surface area (Å²) in [5.41, 5.74) is 6.11. The Bertz CT molecular complexity index is 704. The number of carbonyl (C=O) groups excluding carboxylic acids is 1. The van der Waals surface area contributed by atoms with Gasteiger partial charge in [-0.05, 0) is 13.0 Å². The van der Waals surface area contributed by atoms with Gasteiger partial charge in [-0.15, -0.1) is 0 Å². The van der Waals surface area contributed by atoms with E-state index in [0.29, 0.717) is 10.1 Å². The Morgan fingerprint density at radius 3 is 2.60 bits per heavy atom. The molecule has 7 heteroatoms. The van der Waals surface area contributed by atoms with E-state index in [-0.39, 0.29) is 28.8 Å². The van der Waals surface area contributed by atoms with Crippen molar-refractivity contribution < 1.29 is 25.0 Å². The van der Waals surface area contributed by atoms with Gasteiger partial charge in [0.2, 0.25) is 5.88 Å². The second-order valence-corrected chi connectivity index (χ2v) is 4.52. The van der Waals surface area contributed by atoms with Crippen molar-refractivity contribution in [2.24, 2.45) is 5.73 Å². The maximum absolute atomic E-state index is 11.6. The summed E-state index contributed by atoms with van der Waals surface area (Å²) in [7, 11) is 0. The van der Waals surface area contributed by atoms with E-state index in [2.05, 4.69) is 0 Å². The summed E-state index contributed by atoms with van der Waals surface area (Å²) in [6.07, 6.45) is -0.199. The number of rotatable bonds is 4. The molecule has 106 valence electrons. The van der Waals surface area contributed by atoms with Gasteiger partial charge < -0.3 is 21.2 Å². The number of nitrogens with zero attached hydrogens (tertiary/aromatic N) is 1. The second-order valence-electron chi connectivity index (χ2n) is 4.52. The normalized spacial score (nSPS) is 12.5. The topological polar surface area (TPSA) is 126 Å². The summed E-state index contributed by atoms with van der Waals surface area (Å²) in [6, 6.07) is 3.37. The van der Waals surface area contributed by atoms with E-state index in [1.807, 2.05) is 0 Å². The van der Waals surface area contributed by atoms with E-state index in [4.69, 9.17) is 10.8 Å². The number of Topliss-reactive ketones (excluding diaryl/α,β-unsaturated/α-hetero) is 1. The van der Waals surface area contributed by atoms with Gasteiger partial charge >= 0.3 is 5.97 Å². The fraction of sp³-hybridized carbons (Fsp3) is 0.231. The lowest BCUT2D eigenvalue weighted by molar-refractivity contribution is -0.138. The molecule has 0 aliphatic carbocycles. The van der Waals surface area contributed by atoms with Gasteiger partial charge in [-0.3, -0.25) is 9.59 Å². The molecular formula is C13H14N2O5. The van der Waals surface area contributed by atoms with E-state index in [1.54, 1.807) is 12.1 Å². The number of benzene rings is 1. The van der Waals surface area contributed by atoms with Crippen molar-refractivity contribution in [3.8, 4) is 5.88 Å². The van der Waals surface area contributed by atoms with Gasteiger partial charge in [-0.25, -0.2) is 0 Å². The highest BCUT2D eigenvalue weighted by Crippen LogP contribution is 2.33. The average Bonchev–Trinajstić information content (AvgIpc) is 2.63. The summed E-state index contributed by atoms with van der Waals surface area (Å²) in [5.74, 6) is -2.00. The molecule has 1 aromatic heterocycles. The number of fused-ring (bicyclic) bond motifs is 1. The lowest BCUT2D eigenvalue weighted by Gasteiger charge is -2.07. The van der Waals surface area contributed by atoms with Crippen LogP contribution in [0.4, 0.5) is 0 Å². The van der Waals surface area contributed by atoms with Crippen LogP contribution in [0.3, 0.4) is 0 Å². The lowest BCUT2D eigenvalue weighted by Crippen LogP contribution is -2.32. The van der Waals surface area contributed by atoms with Crippen LogP contribution in [-0.4, -0.2) is 37.9 Å². The predicted octanol–water partition coefficient (Wildman–Crippen LogP) is 0.741. The van der Waals surface area contributed by atoms with Crippen molar-refractivity contribution in [1.82, 2.24) is 4.73 Å². The Kier molecular flexibility index (Phi) is 3.37. The van der Waals surface area contributed by atoms with Crippen molar-refractivity contribution in [3.63, 3.8) is 0 Å². The highest BCUT2D eigenvalue weighted by atomic mass is 16.5. The number of carbonyl (C=O) groups is 2. The molecule has 5 N–H and O–H groups in total. The van der Waals surface area contributed by atoms with Crippen molar-refractivity contribution in [3.05, 3.63) is 29.3 Å². The maximum atomic E-state index is 11.6. The molecule has 0 fully saturated rings. The van der Waals surface area contributed by atoms with Gasteiger partial charge in [-0.1, -0.05) is 12.1 Å². The Balaban J connectivity index is 2.72. The van der Waals surface area contributed by atoms with Crippen molar-refractivity contribution in [2.75, 3.05) is 0 Å². The highest BCUT2D eigenvalue weighted by Gasteiger charge is 2.24. The molecule has 1 unspecified atom stereocenters. The van der Waals surface area contributed by atoms with Crippen LogP contribution in [0.5, 0.6) is 5.88 Å². The Labute approximate surface area is 113 Å². The number of aliphatic carboxylic acids is 1. The molecule has 1 atom stereocenters. The Morgan fingerprint density at radius 2 is 2.05 bits per heavy atom. The van der Waals surface area contributed by atoms with Crippen LogP contribution in [0.25, 0.3) is 10.9 Å². The molecular weight excluding hydrogens is 264 g/mol. The van der Waals surface area contributed by atoms with Crippen LogP contribution >= 0.6 is 0 Å². The number of hydrogen-bond acceptors (Lipinski definition) is 5. The number of ketones is 1. The molecule has 0 spiro atoms. The predicted molar refractivity (Wildman–Crippen MR) is 70.1 cm³/mol. The van der Waals surface area contributed by atoms with Gasteiger partial charge in [-0.2, -0.15) is 4.73 Å². The fourth-order valence-corrected chi connectivity index (χ4v) is 2.18. The molecule has 0 radical (unpaired) electrons. The zero-order valence-electron chi connectivity index (χ0n) is 10.7. The summed E-state index contributed by atoms with van der Waals surface area (Å²) < 4.78 is 0.520. The van der Waals surface area contributed by atoms with E-state index in [0.717, 1.165) is 0 Å². The van der Waals surface area contributed by atoms with Crippen LogP contribution in [0.15, 0.2) is 18.2 Å². The molecule has 0 aliphatic rings. The summed E-state index contributed by atoms with van der Waals surface area (Å²) in [5, 5.41) is 28.9. The summed E-state index contributed by atoms with van der Waals surface area (Å²) in [4.78, 5) is 22.5. The van der Waals surface area contributed by atoms with Crippen molar-refractivity contribution >= 4 is 22.7 Å². The number of aromatic nitrogens is 1. The van der Waals surface area contributed by atoms with Gasteiger partial charge in [0.1, 0.15) is 6.04 Å². The minimum absolute atomic E-state index is 0.142. The van der Waals surface area contributed by atoms with Crippen LogP contribution in [-0.2, 0) is 11.2 Å². The zero-order valence-corrected chi connectivity index (χ0v) is 10.7. The first-order chi connectivity index (χ1) is 9.34. The smallest absolute Gasteiger partial charge is 0.320 e. The molecule has 0 amide bonds. The number of hydrogen-bond donors (Lipinski definition) is 4. The first kappa shape index (κ1) is 13.9. The molecule has 0 saturated heterocycles. The van der Waals surface area contributed by atoms with Crippen LogP contribution in [0, 0.1) is 0 Å². The number of nitrogens with two attached hydrogens (primary N) is 1.